The minimum absolute atomic E-state index is 0.994. The highest BCUT2D eigenvalue weighted by atomic mass is 32.1. The van der Waals surface area contributed by atoms with Gasteiger partial charge in [0.25, 0.3) is 0 Å². The minimum Gasteiger partial charge on any atom is -0.319 e. The Bertz CT molecular complexity index is 418. The maximum absolute atomic E-state index is 4.68. The minimum atomic E-state index is 0.994. The van der Waals surface area contributed by atoms with Crippen LogP contribution in [-0.4, -0.2) is 18.6 Å². The quantitative estimate of drug-likeness (QED) is 0.886. The molecule has 80 valence electrons. The lowest BCUT2D eigenvalue weighted by atomic mass is 10.3. The number of aryl methyl sites for hydroxylation is 1. The average Bonchev–Trinajstić information content (AvgIpc) is 2.83. The van der Waals surface area contributed by atoms with Crippen molar-refractivity contribution in [2.75, 3.05) is 13.6 Å². The lowest BCUT2D eigenvalue weighted by Gasteiger charge is -1.96. The Morgan fingerprint density at radius 3 is 3.00 bits per heavy atom. The highest BCUT2D eigenvalue weighted by Gasteiger charge is 2.09. The van der Waals surface area contributed by atoms with Crippen LogP contribution in [0.4, 0.5) is 0 Å². The number of thiophene rings is 1. The van der Waals surface area contributed by atoms with Gasteiger partial charge in [0.1, 0.15) is 5.01 Å². The predicted molar refractivity (Wildman–Crippen MR) is 67.8 cm³/mol. The van der Waals surface area contributed by atoms with Gasteiger partial charge in [-0.2, -0.15) is 0 Å². The topological polar surface area (TPSA) is 24.9 Å². The molecule has 0 amide bonds. The molecule has 2 aromatic heterocycles. The number of hydrogen-bond acceptors (Lipinski definition) is 4. The standard InChI is InChI=1S/C11H14N2S2/c1-8-9(5-6-12-2)13-11(15-8)10-4-3-7-14-10/h3-4,7,12H,5-6H2,1-2H3. The normalized spacial score (nSPS) is 10.8. The Labute approximate surface area is 98.0 Å². The summed E-state index contributed by atoms with van der Waals surface area (Å²) >= 11 is 3.55. The van der Waals surface area contributed by atoms with Gasteiger partial charge in [-0.15, -0.1) is 22.7 Å². The van der Waals surface area contributed by atoms with Crippen molar-refractivity contribution >= 4 is 22.7 Å². The van der Waals surface area contributed by atoms with Gasteiger partial charge in [0.2, 0.25) is 0 Å². The van der Waals surface area contributed by atoms with Crippen molar-refractivity contribution in [2.24, 2.45) is 0 Å². The number of likely N-dealkylation sites (N-methyl/N-ethyl adjacent to an activating group) is 1. The smallest absolute Gasteiger partial charge is 0.133 e. The second kappa shape index (κ2) is 4.88. The zero-order valence-electron chi connectivity index (χ0n) is 8.91. The molecule has 2 nitrogen and oxygen atoms in total. The molecule has 15 heavy (non-hydrogen) atoms. The van der Waals surface area contributed by atoms with Crippen molar-refractivity contribution in [3.63, 3.8) is 0 Å². The van der Waals surface area contributed by atoms with Gasteiger partial charge >= 0.3 is 0 Å². The Morgan fingerprint density at radius 2 is 2.33 bits per heavy atom. The van der Waals surface area contributed by atoms with Crippen LogP contribution in [0.1, 0.15) is 10.6 Å². The molecule has 2 aromatic rings. The average molecular weight is 238 g/mol. The second-order valence-electron chi connectivity index (χ2n) is 3.35. The van der Waals surface area contributed by atoms with E-state index in [0.717, 1.165) is 18.0 Å². The molecule has 2 heterocycles. The zero-order chi connectivity index (χ0) is 10.7. The van der Waals surface area contributed by atoms with Gasteiger partial charge in [-0.1, -0.05) is 6.07 Å². The molecular formula is C11H14N2S2. The summed E-state index contributed by atoms with van der Waals surface area (Å²) in [6.07, 6.45) is 1.02. The van der Waals surface area contributed by atoms with E-state index in [2.05, 4.69) is 34.7 Å². The fraction of sp³-hybridized carbons (Fsp3) is 0.364. The number of rotatable bonds is 4. The maximum Gasteiger partial charge on any atom is 0.133 e. The van der Waals surface area contributed by atoms with E-state index in [9.17, 15) is 0 Å². The molecule has 0 unspecified atom stereocenters. The first-order chi connectivity index (χ1) is 7.31. The molecular weight excluding hydrogens is 224 g/mol. The zero-order valence-corrected chi connectivity index (χ0v) is 10.5. The first-order valence-electron chi connectivity index (χ1n) is 4.96. The third-order valence-corrected chi connectivity index (χ3v) is 4.29. The second-order valence-corrected chi connectivity index (χ2v) is 5.50. The number of thiazole rings is 1. The molecule has 0 fully saturated rings. The summed E-state index contributed by atoms with van der Waals surface area (Å²) in [5, 5.41) is 6.41. The molecule has 0 radical (unpaired) electrons. The fourth-order valence-corrected chi connectivity index (χ4v) is 3.17. The summed E-state index contributed by atoms with van der Waals surface area (Å²) in [6, 6.07) is 4.20. The van der Waals surface area contributed by atoms with Crippen LogP contribution in [-0.2, 0) is 6.42 Å². The molecule has 0 bridgehead atoms. The first-order valence-corrected chi connectivity index (χ1v) is 6.65. The molecule has 2 rings (SSSR count). The number of nitrogens with one attached hydrogen (secondary N) is 1. The molecule has 0 saturated heterocycles. The van der Waals surface area contributed by atoms with Gasteiger partial charge in [-0.3, -0.25) is 0 Å². The monoisotopic (exact) mass is 238 g/mol. The van der Waals surface area contributed by atoms with Crippen molar-refractivity contribution in [1.82, 2.24) is 10.3 Å². The predicted octanol–water partition coefficient (Wildman–Crippen LogP) is 2.94. The van der Waals surface area contributed by atoms with Gasteiger partial charge in [0, 0.05) is 17.8 Å². The SMILES string of the molecule is CNCCc1nc(-c2cccs2)sc1C. The van der Waals surface area contributed by atoms with Gasteiger partial charge < -0.3 is 5.32 Å². The molecule has 0 aliphatic carbocycles. The molecule has 0 aliphatic heterocycles. The summed E-state index contributed by atoms with van der Waals surface area (Å²) < 4.78 is 0. The van der Waals surface area contributed by atoms with E-state index in [1.54, 1.807) is 22.7 Å². The van der Waals surface area contributed by atoms with E-state index in [0.29, 0.717) is 0 Å². The molecule has 0 saturated carbocycles. The lowest BCUT2D eigenvalue weighted by Crippen LogP contribution is -2.10. The van der Waals surface area contributed by atoms with E-state index < -0.39 is 0 Å². The van der Waals surface area contributed by atoms with Crippen LogP contribution >= 0.6 is 22.7 Å². The molecule has 1 N–H and O–H groups in total. The van der Waals surface area contributed by atoms with Crippen molar-refractivity contribution in [2.45, 2.75) is 13.3 Å². The molecule has 4 heteroatoms. The molecule has 0 atom stereocenters. The maximum atomic E-state index is 4.68. The van der Waals surface area contributed by atoms with Crippen LogP contribution < -0.4 is 5.32 Å². The lowest BCUT2D eigenvalue weighted by molar-refractivity contribution is 0.777. The van der Waals surface area contributed by atoms with E-state index >= 15 is 0 Å². The Balaban J connectivity index is 2.21. The number of aromatic nitrogens is 1. The van der Waals surface area contributed by atoms with Crippen molar-refractivity contribution in [1.29, 1.82) is 0 Å². The van der Waals surface area contributed by atoms with Gasteiger partial charge in [-0.25, -0.2) is 4.98 Å². The summed E-state index contributed by atoms with van der Waals surface area (Å²) in [6.45, 7) is 3.15. The van der Waals surface area contributed by atoms with Crippen LogP contribution in [0.5, 0.6) is 0 Å². The van der Waals surface area contributed by atoms with Gasteiger partial charge in [0.05, 0.1) is 10.6 Å². The summed E-state index contributed by atoms with van der Waals surface area (Å²) in [5.74, 6) is 0. The summed E-state index contributed by atoms with van der Waals surface area (Å²) in [7, 11) is 1.97. The highest BCUT2D eigenvalue weighted by molar-refractivity contribution is 7.21. The molecule has 0 spiro atoms. The summed E-state index contributed by atoms with van der Waals surface area (Å²) in [5.41, 5.74) is 1.23. The van der Waals surface area contributed by atoms with Gasteiger partial charge in [-0.05, 0) is 25.4 Å². The first kappa shape index (κ1) is 10.8. The fourth-order valence-electron chi connectivity index (χ4n) is 1.41. The molecule has 0 aromatic carbocycles. The van der Waals surface area contributed by atoms with Crippen LogP contribution in [0.25, 0.3) is 9.88 Å². The third kappa shape index (κ3) is 2.45. The number of hydrogen-bond donors (Lipinski definition) is 1. The van der Waals surface area contributed by atoms with Crippen molar-refractivity contribution < 1.29 is 0 Å². The van der Waals surface area contributed by atoms with E-state index in [1.165, 1.54) is 15.4 Å². The van der Waals surface area contributed by atoms with Crippen molar-refractivity contribution in [3.05, 3.63) is 28.1 Å². The highest BCUT2D eigenvalue weighted by Crippen LogP contribution is 2.30. The van der Waals surface area contributed by atoms with E-state index in [4.69, 9.17) is 0 Å². The third-order valence-electron chi connectivity index (χ3n) is 2.24. The van der Waals surface area contributed by atoms with E-state index in [-0.39, 0.29) is 0 Å². The largest absolute Gasteiger partial charge is 0.319 e. The van der Waals surface area contributed by atoms with Crippen molar-refractivity contribution in [3.8, 4) is 9.88 Å². The Hall–Kier alpha value is -0.710. The van der Waals surface area contributed by atoms with Crippen LogP contribution in [0.15, 0.2) is 17.5 Å². The van der Waals surface area contributed by atoms with Crippen LogP contribution in [0.3, 0.4) is 0 Å². The Morgan fingerprint density at radius 1 is 1.47 bits per heavy atom. The van der Waals surface area contributed by atoms with Crippen LogP contribution in [0, 0.1) is 6.92 Å². The number of nitrogens with zero attached hydrogens (tertiary/aromatic N) is 1. The summed E-state index contributed by atoms with van der Waals surface area (Å²) in [4.78, 5) is 7.30. The van der Waals surface area contributed by atoms with Gasteiger partial charge in [0.15, 0.2) is 0 Å². The molecule has 0 aliphatic rings. The van der Waals surface area contributed by atoms with Crippen LogP contribution in [0.2, 0.25) is 0 Å². The van der Waals surface area contributed by atoms with E-state index in [1.807, 2.05) is 7.05 Å². The Kier molecular flexibility index (Phi) is 3.51.